The lowest BCUT2D eigenvalue weighted by Gasteiger charge is -2.13. The Morgan fingerprint density at radius 2 is 1.73 bits per heavy atom. The lowest BCUT2D eigenvalue weighted by atomic mass is 10.2. The Balaban J connectivity index is 1.79. The van der Waals surface area contributed by atoms with E-state index in [1.165, 1.54) is 23.7 Å². The topological polar surface area (TPSA) is 95.2 Å². The summed E-state index contributed by atoms with van der Waals surface area (Å²) in [6.45, 7) is 3.10. The number of benzene rings is 1. The third-order valence-electron chi connectivity index (χ3n) is 4.45. The van der Waals surface area contributed by atoms with Gasteiger partial charge in [-0.15, -0.1) is 0 Å². The van der Waals surface area contributed by atoms with E-state index in [2.05, 4.69) is 10.3 Å². The van der Waals surface area contributed by atoms with E-state index in [1.807, 2.05) is 18.2 Å². The van der Waals surface area contributed by atoms with Crippen molar-refractivity contribution in [3.8, 4) is 5.69 Å². The first-order valence-corrected chi connectivity index (χ1v) is 9.63. The molecule has 156 valence electrons. The minimum atomic E-state index is -1.17. The largest absolute Gasteiger partial charge is 0.449 e. The summed E-state index contributed by atoms with van der Waals surface area (Å²) in [5.41, 5.74) is 0.954. The molecule has 0 aliphatic heterocycles. The van der Waals surface area contributed by atoms with Gasteiger partial charge in [-0.2, -0.15) is 0 Å². The number of rotatable bonds is 5. The summed E-state index contributed by atoms with van der Waals surface area (Å²) >= 11 is 11.6. The molecule has 0 saturated heterocycles. The summed E-state index contributed by atoms with van der Waals surface area (Å²) in [5, 5.41) is 2.60. The number of hydrogen-bond acceptors (Lipinski definition) is 5. The molecule has 0 unspecified atom stereocenters. The average Bonchev–Trinajstić information content (AvgIpc) is 2.91. The predicted octanol–water partition coefficient (Wildman–Crippen LogP) is 3.37. The molecule has 0 spiro atoms. The SMILES string of the molecule is Cc1c(NC(=O)[C@@H](C)OC(=O)c2cc(Cl)nc(Cl)c2)c(=O)n(-c2ccccc2)n1C. The molecule has 0 bridgehead atoms. The Kier molecular flexibility index (Phi) is 6.28. The third-order valence-corrected chi connectivity index (χ3v) is 4.84. The number of pyridine rings is 1. The van der Waals surface area contributed by atoms with Crippen molar-refractivity contribution in [2.24, 2.45) is 7.05 Å². The summed E-state index contributed by atoms with van der Waals surface area (Å²) in [4.78, 5) is 41.5. The second kappa shape index (κ2) is 8.73. The molecular weight excluding hydrogens is 431 g/mol. The van der Waals surface area contributed by atoms with Crippen LogP contribution in [0.15, 0.2) is 47.3 Å². The summed E-state index contributed by atoms with van der Waals surface area (Å²) in [6.07, 6.45) is -1.17. The highest BCUT2D eigenvalue weighted by Crippen LogP contribution is 2.17. The van der Waals surface area contributed by atoms with Crippen molar-refractivity contribution in [3.05, 3.63) is 74.4 Å². The van der Waals surface area contributed by atoms with Crippen molar-refractivity contribution in [2.45, 2.75) is 20.0 Å². The normalized spacial score (nSPS) is 11.8. The molecule has 3 rings (SSSR count). The molecule has 0 radical (unpaired) electrons. The Morgan fingerprint density at radius 3 is 2.33 bits per heavy atom. The number of hydrogen-bond donors (Lipinski definition) is 1. The fourth-order valence-corrected chi connectivity index (χ4v) is 3.26. The lowest BCUT2D eigenvalue weighted by molar-refractivity contribution is -0.123. The van der Waals surface area contributed by atoms with Gasteiger partial charge in [-0.05, 0) is 38.1 Å². The molecular formula is C20H18Cl2N4O4. The number of aromatic nitrogens is 3. The van der Waals surface area contributed by atoms with Crippen LogP contribution in [0.5, 0.6) is 0 Å². The van der Waals surface area contributed by atoms with E-state index in [0.29, 0.717) is 11.4 Å². The van der Waals surface area contributed by atoms with Gasteiger partial charge in [0.05, 0.1) is 16.9 Å². The van der Waals surface area contributed by atoms with Crippen LogP contribution in [0.4, 0.5) is 5.69 Å². The number of para-hydroxylation sites is 1. The lowest BCUT2D eigenvalue weighted by Crippen LogP contribution is -2.32. The monoisotopic (exact) mass is 448 g/mol. The molecule has 30 heavy (non-hydrogen) atoms. The van der Waals surface area contributed by atoms with E-state index in [1.54, 1.807) is 30.8 Å². The van der Waals surface area contributed by atoms with Crippen molar-refractivity contribution < 1.29 is 14.3 Å². The van der Waals surface area contributed by atoms with Crippen LogP contribution >= 0.6 is 23.2 Å². The number of ether oxygens (including phenoxy) is 1. The van der Waals surface area contributed by atoms with Gasteiger partial charge in [-0.1, -0.05) is 41.4 Å². The highest BCUT2D eigenvalue weighted by molar-refractivity contribution is 6.33. The van der Waals surface area contributed by atoms with Gasteiger partial charge in [0.2, 0.25) is 0 Å². The first-order chi connectivity index (χ1) is 14.2. The van der Waals surface area contributed by atoms with Crippen LogP contribution in [-0.2, 0) is 16.6 Å². The fraction of sp³-hybridized carbons (Fsp3) is 0.200. The molecule has 8 nitrogen and oxygen atoms in total. The minimum absolute atomic E-state index is 0.0212. The standard InChI is InChI=1S/C20H18Cl2N4O4/c1-11-17(19(28)26(25(11)3)14-7-5-4-6-8-14)24-18(27)12(2)30-20(29)13-9-15(21)23-16(22)10-13/h4-10,12H,1-3H3,(H,24,27)/t12-/m1/s1. The molecule has 1 atom stereocenters. The van der Waals surface area contributed by atoms with Crippen LogP contribution in [0.3, 0.4) is 0 Å². The van der Waals surface area contributed by atoms with E-state index in [4.69, 9.17) is 27.9 Å². The number of carbonyl (C=O) groups is 2. The Labute approximate surface area is 182 Å². The first kappa shape index (κ1) is 21.6. The van der Waals surface area contributed by atoms with Crippen LogP contribution in [0.1, 0.15) is 23.0 Å². The van der Waals surface area contributed by atoms with Gasteiger partial charge >= 0.3 is 5.97 Å². The number of amides is 1. The van der Waals surface area contributed by atoms with Gasteiger partial charge in [-0.25, -0.2) is 14.5 Å². The van der Waals surface area contributed by atoms with Crippen molar-refractivity contribution >= 4 is 40.8 Å². The van der Waals surface area contributed by atoms with Crippen LogP contribution in [0.25, 0.3) is 5.69 Å². The molecule has 10 heteroatoms. The van der Waals surface area contributed by atoms with Crippen LogP contribution in [0.2, 0.25) is 10.3 Å². The number of halogens is 2. The fourth-order valence-electron chi connectivity index (χ4n) is 2.80. The van der Waals surface area contributed by atoms with Gasteiger partial charge < -0.3 is 10.1 Å². The number of nitrogens with zero attached hydrogens (tertiary/aromatic N) is 3. The quantitative estimate of drug-likeness (QED) is 0.476. The average molecular weight is 449 g/mol. The van der Waals surface area contributed by atoms with Crippen LogP contribution in [-0.4, -0.2) is 32.3 Å². The molecule has 2 heterocycles. The summed E-state index contributed by atoms with van der Waals surface area (Å²) in [5.74, 6) is -1.45. The molecule has 1 aromatic carbocycles. The molecule has 0 aliphatic carbocycles. The highest BCUT2D eigenvalue weighted by Gasteiger charge is 2.24. The smallest absolute Gasteiger partial charge is 0.339 e. The molecule has 0 aliphatic rings. The van der Waals surface area contributed by atoms with Gasteiger partial charge in [0.1, 0.15) is 16.0 Å². The Morgan fingerprint density at radius 1 is 1.13 bits per heavy atom. The highest BCUT2D eigenvalue weighted by atomic mass is 35.5. The number of carbonyl (C=O) groups excluding carboxylic acids is 2. The summed E-state index contributed by atoms with van der Waals surface area (Å²) < 4.78 is 8.23. The summed E-state index contributed by atoms with van der Waals surface area (Å²) in [7, 11) is 1.71. The van der Waals surface area contributed by atoms with E-state index in [9.17, 15) is 14.4 Å². The number of esters is 1. The maximum Gasteiger partial charge on any atom is 0.339 e. The second-order valence-electron chi connectivity index (χ2n) is 6.47. The zero-order valence-corrected chi connectivity index (χ0v) is 17.9. The molecule has 1 N–H and O–H groups in total. The van der Waals surface area contributed by atoms with Crippen molar-refractivity contribution in [1.82, 2.24) is 14.3 Å². The van der Waals surface area contributed by atoms with E-state index in [-0.39, 0.29) is 21.6 Å². The predicted molar refractivity (Wildman–Crippen MR) is 114 cm³/mol. The molecule has 0 fully saturated rings. The minimum Gasteiger partial charge on any atom is -0.449 e. The van der Waals surface area contributed by atoms with E-state index in [0.717, 1.165) is 0 Å². The van der Waals surface area contributed by atoms with Crippen molar-refractivity contribution in [1.29, 1.82) is 0 Å². The van der Waals surface area contributed by atoms with Crippen molar-refractivity contribution in [3.63, 3.8) is 0 Å². The third kappa shape index (κ3) is 4.39. The van der Waals surface area contributed by atoms with Crippen molar-refractivity contribution in [2.75, 3.05) is 5.32 Å². The molecule has 1 amide bonds. The van der Waals surface area contributed by atoms with Gasteiger partial charge in [-0.3, -0.25) is 14.3 Å². The molecule has 3 aromatic rings. The van der Waals surface area contributed by atoms with E-state index >= 15 is 0 Å². The maximum atomic E-state index is 12.9. The Hall–Kier alpha value is -3.10. The zero-order chi connectivity index (χ0) is 22.0. The number of nitrogens with one attached hydrogen (secondary N) is 1. The first-order valence-electron chi connectivity index (χ1n) is 8.88. The van der Waals surface area contributed by atoms with E-state index < -0.39 is 23.5 Å². The van der Waals surface area contributed by atoms with Crippen LogP contribution < -0.4 is 10.9 Å². The van der Waals surface area contributed by atoms with Crippen LogP contribution in [0, 0.1) is 6.92 Å². The zero-order valence-electron chi connectivity index (χ0n) is 16.3. The van der Waals surface area contributed by atoms with Gasteiger partial charge in [0.25, 0.3) is 11.5 Å². The maximum absolute atomic E-state index is 12.9. The molecule has 2 aromatic heterocycles. The summed E-state index contributed by atoms with van der Waals surface area (Å²) in [6, 6.07) is 11.6. The second-order valence-corrected chi connectivity index (χ2v) is 7.25. The Bertz CT molecular complexity index is 1150. The van der Waals surface area contributed by atoms with Gasteiger partial charge in [0, 0.05) is 7.05 Å². The number of anilines is 1. The van der Waals surface area contributed by atoms with Gasteiger partial charge in [0.15, 0.2) is 6.10 Å². The molecule has 0 saturated carbocycles.